The van der Waals surface area contributed by atoms with Crippen molar-refractivity contribution < 1.29 is 4.92 Å². The van der Waals surface area contributed by atoms with Crippen molar-refractivity contribution in [1.82, 2.24) is 9.78 Å². The average molecular weight is 286 g/mol. The molecule has 0 aliphatic carbocycles. The molecule has 2 aromatic rings. The molecule has 1 aliphatic heterocycles. The van der Waals surface area contributed by atoms with Gasteiger partial charge in [0, 0.05) is 42.8 Å². The van der Waals surface area contributed by atoms with Gasteiger partial charge in [0.2, 0.25) is 0 Å². The van der Waals surface area contributed by atoms with Crippen molar-refractivity contribution in [2.75, 3.05) is 18.0 Å². The lowest BCUT2D eigenvalue weighted by molar-refractivity contribution is -0.385. The lowest BCUT2D eigenvalue weighted by Crippen LogP contribution is -2.34. The van der Waals surface area contributed by atoms with Crippen LogP contribution in [0.5, 0.6) is 0 Å². The first-order valence-corrected chi connectivity index (χ1v) is 7.14. The summed E-state index contributed by atoms with van der Waals surface area (Å²) in [6, 6.07) is 7.76. The van der Waals surface area contributed by atoms with Gasteiger partial charge >= 0.3 is 0 Å². The summed E-state index contributed by atoms with van der Waals surface area (Å²) in [4.78, 5) is 12.8. The predicted octanol–water partition coefficient (Wildman–Crippen LogP) is 2.94. The molecule has 6 heteroatoms. The monoisotopic (exact) mass is 286 g/mol. The molecular formula is C15H18N4O2. The van der Waals surface area contributed by atoms with Crippen LogP contribution >= 0.6 is 0 Å². The Bertz CT molecular complexity index is 631. The number of nitro benzene ring substituents is 1. The molecule has 1 aromatic heterocycles. The van der Waals surface area contributed by atoms with E-state index in [1.165, 1.54) is 0 Å². The van der Waals surface area contributed by atoms with Gasteiger partial charge in [0.05, 0.1) is 11.0 Å². The smallest absolute Gasteiger partial charge is 0.272 e. The van der Waals surface area contributed by atoms with Crippen molar-refractivity contribution in [1.29, 1.82) is 0 Å². The minimum Gasteiger partial charge on any atom is -0.371 e. The van der Waals surface area contributed by atoms with Gasteiger partial charge in [-0.3, -0.25) is 14.8 Å². The minimum absolute atomic E-state index is 0.185. The van der Waals surface area contributed by atoms with Crippen LogP contribution in [-0.2, 0) is 0 Å². The molecule has 1 aliphatic rings. The molecule has 1 aromatic carbocycles. The van der Waals surface area contributed by atoms with Crippen LogP contribution < -0.4 is 4.90 Å². The number of aromatic nitrogens is 2. The van der Waals surface area contributed by atoms with Gasteiger partial charge in [-0.05, 0) is 38.0 Å². The van der Waals surface area contributed by atoms with Crippen LogP contribution in [0.3, 0.4) is 0 Å². The Labute approximate surface area is 123 Å². The normalized spacial score (nSPS) is 16.1. The van der Waals surface area contributed by atoms with Crippen molar-refractivity contribution in [3.63, 3.8) is 0 Å². The van der Waals surface area contributed by atoms with Gasteiger partial charge < -0.3 is 4.90 Å². The van der Waals surface area contributed by atoms with E-state index in [1.54, 1.807) is 13.0 Å². The molecule has 1 saturated heterocycles. The SMILES string of the molecule is Cc1cc(N2CCC(n3cccn3)CC2)ccc1[N+](=O)[O-]. The standard InChI is InChI=1S/C15H18N4O2/c1-12-11-14(3-4-15(12)19(20)21)17-9-5-13(6-10-17)18-8-2-7-16-18/h2-4,7-8,11,13H,5-6,9-10H2,1H3. The maximum atomic E-state index is 10.9. The molecule has 0 bridgehead atoms. The summed E-state index contributed by atoms with van der Waals surface area (Å²) in [5.74, 6) is 0. The Morgan fingerprint density at radius 2 is 2.10 bits per heavy atom. The zero-order valence-corrected chi connectivity index (χ0v) is 12.0. The summed E-state index contributed by atoms with van der Waals surface area (Å²) < 4.78 is 2.03. The van der Waals surface area contributed by atoms with Gasteiger partial charge in [-0.1, -0.05) is 0 Å². The van der Waals surface area contributed by atoms with Crippen LogP contribution in [0.15, 0.2) is 36.7 Å². The summed E-state index contributed by atoms with van der Waals surface area (Å²) in [6.45, 7) is 3.68. The molecule has 1 fully saturated rings. The fraction of sp³-hybridized carbons (Fsp3) is 0.400. The Kier molecular flexibility index (Phi) is 3.60. The van der Waals surface area contributed by atoms with Crippen LogP contribution in [0, 0.1) is 17.0 Å². The van der Waals surface area contributed by atoms with E-state index in [9.17, 15) is 10.1 Å². The fourth-order valence-corrected chi connectivity index (χ4v) is 2.93. The summed E-state index contributed by atoms with van der Waals surface area (Å²) >= 11 is 0. The van der Waals surface area contributed by atoms with E-state index in [1.807, 2.05) is 35.3 Å². The number of hydrogen-bond donors (Lipinski definition) is 0. The first kappa shape index (κ1) is 13.6. The molecule has 6 nitrogen and oxygen atoms in total. The summed E-state index contributed by atoms with van der Waals surface area (Å²) in [7, 11) is 0. The number of aryl methyl sites for hydroxylation is 1. The predicted molar refractivity (Wildman–Crippen MR) is 80.5 cm³/mol. The Balaban J connectivity index is 1.69. The lowest BCUT2D eigenvalue weighted by atomic mass is 10.0. The van der Waals surface area contributed by atoms with Crippen molar-refractivity contribution in [2.24, 2.45) is 0 Å². The molecule has 0 atom stereocenters. The van der Waals surface area contributed by atoms with Gasteiger partial charge in [0.25, 0.3) is 5.69 Å². The highest BCUT2D eigenvalue weighted by atomic mass is 16.6. The van der Waals surface area contributed by atoms with Crippen molar-refractivity contribution in [3.05, 3.63) is 52.3 Å². The number of benzene rings is 1. The van der Waals surface area contributed by atoms with E-state index in [4.69, 9.17) is 0 Å². The second-order valence-corrected chi connectivity index (χ2v) is 5.43. The second kappa shape index (κ2) is 5.55. The van der Waals surface area contributed by atoms with Gasteiger partial charge in [-0.15, -0.1) is 0 Å². The summed E-state index contributed by atoms with van der Waals surface area (Å²) in [6.07, 6.45) is 5.90. The number of rotatable bonds is 3. The number of piperidine rings is 1. The number of hydrogen-bond acceptors (Lipinski definition) is 4. The second-order valence-electron chi connectivity index (χ2n) is 5.43. The first-order chi connectivity index (χ1) is 10.1. The fourth-order valence-electron chi connectivity index (χ4n) is 2.93. The first-order valence-electron chi connectivity index (χ1n) is 7.14. The number of anilines is 1. The molecule has 110 valence electrons. The highest BCUT2D eigenvalue weighted by Gasteiger charge is 2.22. The zero-order valence-electron chi connectivity index (χ0n) is 12.0. The zero-order chi connectivity index (χ0) is 14.8. The lowest BCUT2D eigenvalue weighted by Gasteiger charge is -2.33. The molecule has 0 amide bonds. The molecule has 0 unspecified atom stereocenters. The molecule has 0 spiro atoms. The summed E-state index contributed by atoms with van der Waals surface area (Å²) in [5.41, 5.74) is 1.97. The quantitative estimate of drug-likeness (QED) is 0.643. The van der Waals surface area contributed by atoms with E-state index in [0.717, 1.165) is 31.6 Å². The van der Waals surface area contributed by atoms with E-state index >= 15 is 0 Å². The molecule has 21 heavy (non-hydrogen) atoms. The van der Waals surface area contributed by atoms with Crippen LogP contribution in [0.4, 0.5) is 11.4 Å². The molecule has 2 heterocycles. The van der Waals surface area contributed by atoms with Gasteiger partial charge in [-0.25, -0.2) is 0 Å². The van der Waals surface area contributed by atoms with Crippen molar-refractivity contribution in [2.45, 2.75) is 25.8 Å². The van der Waals surface area contributed by atoms with E-state index < -0.39 is 0 Å². The third-order valence-corrected chi connectivity index (χ3v) is 4.11. The number of nitro groups is 1. The van der Waals surface area contributed by atoms with Crippen LogP contribution in [0.1, 0.15) is 24.4 Å². The van der Waals surface area contributed by atoms with Crippen molar-refractivity contribution in [3.8, 4) is 0 Å². The molecule has 0 saturated carbocycles. The topological polar surface area (TPSA) is 64.2 Å². The maximum Gasteiger partial charge on any atom is 0.272 e. The third kappa shape index (κ3) is 2.74. The highest BCUT2D eigenvalue weighted by molar-refractivity contribution is 5.55. The average Bonchev–Trinajstić information content (AvgIpc) is 3.01. The number of nitrogens with zero attached hydrogens (tertiary/aromatic N) is 4. The van der Waals surface area contributed by atoms with Gasteiger partial charge in [0.1, 0.15) is 0 Å². The minimum atomic E-state index is -0.330. The van der Waals surface area contributed by atoms with Crippen LogP contribution in [-0.4, -0.2) is 27.8 Å². The Morgan fingerprint density at radius 3 is 2.67 bits per heavy atom. The van der Waals surface area contributed by atoms with Crippen molar-refractivity contribution >= 4 is 11.4 Å². The van der Waals surface area contributed by atoms with Gasteiger partial charge in [0.15, 0.2) is 0 Å². The Hall–Kier alpha value is -2.37. The highest BCUT2D eigenvalue weighted by Crippen LogP contribution is 2.29. The molecular weight excluding hydrogens is 268 g/mol. The largest absolute Gasteiger partial charge is 0.371 e. The van der Waals surface area contributed by atoms with Crippen LogP contribution in [0.2, 0.25) is 0 Å². The van der Waals surface area contributed by atoms with E-state index in [2.05, 4.69) is 10.00 Å². The van der Waals surface area contributed by atoms with Crippen LogP contribution in [0.25, 0.3) is 0 Å². The maximum absolute atomic E-state index is 10.9. The van der Waals surface area contributed by atoms with E-state index in [0.29, 0.717) is 11.6 Å². The third-order valence-electron chi connectivity index (χ3n) is 4.11. The van der Waals surface area contributed by atoms with Gasteiger partial charge in [-0.2, -0.15) is 5.10 Å². The molecule has 3 rings (SSSR count). The summed E-state index contributed by atoms with van der Waals surface area (Å²) in [5, 5.41) is 15.2. The Morgan fingerprint density at radius 1 is 1.33 bits per heavy atom. The molecule has 0 N–H and O–H groups in total. The van der Waals surface area contributed by atoms with E-state index in [-0.39, 0.29) is 10.6 Å². The molecule has 0 radical (unpaired) electrons.